The van der Waals surface area contributed by atoms with Crippen molar-refractivity contribution in [3.63, 3.8) is 0 Å². The van der Waals surface area contributed by atoms with Gasteiger partial charge >= 0.3 is 0 Å². The molecular weight excluding hydrogens is 358 g/mol. The van der Waals surface area contributed by atoms with Crippen molar-refractivity contribution in [3.8, 4) is 11.5 Å². The summed E-state index contributed by atoms with van der Waals surface area (Å²) in [5.41, 5.74) is 2.08. The molecule has 2 aromatic carbocycles. The summed E-state index contributed by atoms with van der Waals surface area (Å²) in [4.78, 5) is 12.2. The summed E-state index contributed by atoms with van der Waals surface area (Å²) in [5, 5.41) is 3.17. The molecule has 0 saturated heterocycles. The van der Waals surface area contributed by atoms with Gasteiger partial charge in [-0.05, 0) is 43.3 Å². The SMILES string of the molecule is COc1ccc(OC)c(NC(C)=CC(=O)c2ccc(Br)cc2)c1. The van der Waals surface area contributed by atoms with E-state index in [4.69, 9.17) is 9.47 Å². The topological polar surface area (TPSA) is 47.6 Å². The number of carbonyl (C=O) groups excluding carboxylic acids is 1. The average Bonchev–Trinajstić information content (AvgIpc) is 2.55. The second kappa shape index (κ2) is 7.83. The van der Waals surface area contributed by atoms with Crippen LogP contribution in [0.1, 0.15) is 17.3 Å². The maximum Gasteiger partial charge on any atom is 0.187 e. The molecule has 0 fully saturated rings. The van der Waals surface area contributed by atoms with Crippen LogP contribution in [-0.2, 0) is 0 Å². The van der Waals surface area contributed by atoms with Gasteiger partial charge in [0.05, 0.1) is 19.9 Å². The summed E-state index contributed by atoms with van der Waals surface area (Å²) in [5.74, 6) is 1.32. The van der Waals surface area contributed by atoms with Gasteiger partial charge in [0, 0.05) is 27.9 Å². The van der Waals surface area contributed by atoms with E-state index in [1.165, 1.54) is 0 Å². The molecule has 0 heterocycles. The first-order valence-corrected chi connectivity index (χ1v) is 7.80. The van der Waals surface area contributed by atoms with Crippen LogP contribution in [0.3, 0.4) is 0 Å². The third kappa shape index (κ3) is 4.60. The molecule has 0 aliphatic carbocycles. The Hall–Kier alpha value is -2.27. The van der Waals surface area contributed by atoms with Crippen molar-refractivity contribution in [2.24, 2.45) is 0 Å². The van der Waals surface area contributed by atoms with Crippen molar-refractivity contribution >= 4 is 27.4 Å². The van der Waals surface area contributed by atoms with Crippen LogP contribution in [0.2, 0.25) is 0 Å². The van der Waals surface area contributed by atoms with Crippen molar-refractivity contribution in [1.82, 2.24) is 0 Å². The van der Waals surface area contributed by atoms with Gasteiger partial charge < -0.3 is 14.8 Å². The normalized spacial score (nSPS) is 11.0. The molecule has 0 saturated carbocycles. The summed E-state index contributed by atoms with van der Waals surface area (Å²) in [6.45, 7) is 1.83. The monoisotopic (exact) mass is 375 g/mol. The molecule has 2 rings (SSSR count). The average molecular weight is 376 g/mol. The van der Waals surface area contributed by atoms with Gasteiger partial charge in [-0.2, -0.15) is 0 Å². The summed E-state index contributed by atoms with van der Waals surface area (Å²) in [6, 6.07) is 12.7. The lowest BCUT2D eigenvalue weighted by atomic mass is 10.1. The van der Waals surface area contributed by atoms with Gasteiger partial charge in [0.2, 0.25) is 0 Å². The van der Waals surface area contributed by atoms with Gasteiger partial charge in [-0.15, -0.1) is 0 Å². The smallest absolute Gasteiger partial charge is 0.187 e. The van der Waals surface area contributed by atoms with Crippen LogP contribution < -0.4 is 14.8 Å². The first-order chi connectivity index (χ1) is 11.0. The number of ether oxygens (including phenoxy) is 2. The number of methoxy groups -OCH3 is 2. The van der Waals surface area contributed by atoms with E-state index in [1.807, 2.05) is 37.3 Å². The van der Waals surface area contributed by atoms with Crippen LogP contribution in [0.5, 0.6) is 11.5 Å². The highest BCUT2D eigenvalue weighted by molar-refractivity contribution is 9.10. The van der Waals surface area contributed by atoms with Crippen LogP contribution in [0.15, 0.2) is 58.7 Å². The van der Waals surface area contributed by atoms with E-state index in [0.29, 0.717) is 22.8 Å². The van der Waals surface area contributed by atoms with E-state index in [2.05, 4.69) is 21.2 Å². The lowest BCUT2D eigenvalue weighted by Crippen LogP contribution is -2.03. The van der Waals surface area contributed by atoms with Crippen LogP contribution >= 0.6 is 15.9 Å². The Morgan fingerprint density at radius 1 is 1.09 bits per heavy atom. The minimum atomic E-state index is -0.0654. The second-order valence-corrected chi connectivity index (χ2v) is 5.81. The quantitative estimate of drug-likeness (QED) is 0.588. The second-order valence-electron chi connectivity index (χ2n) is 4.89. The number of rotatable bonds is 6. The summed E-state index contributed by atoms with van der Waals surface area (Å²) < 4.78 is 11.5. The van der Waals surface area contributed by atoms with Crippen molar-refractivity contribution < 1.29 is 14.3 Å². The Labute approximate surface area is 144 Å². The zero-order valence-corrected chi connectivity index (χ0v) is 14.8. The minimum absolute atomic E-state index is 0.0654. The molecule has 0 amide bonds. The van der Waals surface area contributed by atoms with Gasteiger partial charge in [0.15, 0.2) is 5.78 Å². The predicted octanol–water partition coefficient (Wildman–Crippen LogP) is 4.66. The van der Waals surface area contributed by atoms with E-state index in [0.717, 1.165) is 10.2 Å². The zero-order valence-electron chi connectivity index (χ0n) is 13.2. The number of hydrogen-bond donors (Lipinski definition) is 1. The molecule has 0 bridgehead atoms. The Morgan fingerprint density at radius 2 is 1.78 bits per heavy atom. The lowest BCUT2D eigenvalue weighted by molar-refractivity contribution is 0.104. The first-order valence-electron chi connectivity index (χ1n) is 7.00. The number of benzene rings is 2. The van der Waals surface area contributed by atoms with Crippen LogP contribution in [0.25, 0.3) is 0 Å². The standard InChI is InChI=1S/C18H18BrNO3/c1-12(10-17(21)13-4-6-14(19)7-5-13)20-16-11-15(22-2)8-9-18(16)23-3/h4-11,20H,1-3H3. The van der Waals surface area contributed by atoms with Gasteiger partial charge in [0.25, 0.3) is 0 Å². The van der Waals surface area contributed by atoms with Crippen LogP contribution in [-0.4, -0.2) is 20.0 Å². The van der Waals surface area contributed by atoms with Gasteiger partial charge in [-0.25, -0.2) is 0 Å². The van der Waals surface area contributed by atoms with E-state index in [9.17, 15) is 4.79 Å². The van der Waals surface area contributed by atoms with Crippen molar-refractivity contribution in [2.75, 3.05) is 19.5 Å². The third-order valence-corrected chi connectivity index (χ3v) is 3.74. The van der Waals surface area contributed by atoms with Crippen molar-refractivity contribution in [1.29, 1.82) is 0 Å². The lowest BCUT2D eigenvalue weighted by Gasteiger charge is -2.12. The summed E-state index contributed by atoms with van der Waals surface area (Å²) in [7, 11) is 3.20. The number of halogens is 1. The molecule has 2 aromatic rings. The molecule has 0 aliphatic heterocycles. The highest BCUT2D eigenvalue weighted by Gasteiger charge is 2.07. The highest BCUT2D eigenvalue weighted by Crippen LogP contribution is 2.29. The molecule has 0 atom stereocenters. The number of carbonyl (C=O) groups is 1. The van der Waals surface area contributed by atoms with Gasteiger partial charge in [-0.3, -0.25) is 4.79 Å². The fraction of sp³-hybridized carbons (Fsp3) is 0.167. The zero-order chi connectivity index (χ0) is 16.8. The molecule has 0 aliphatic rings. The Kier molecular flexibility index (Phi) is 5.82. The molecule has 0 unspecified atom stereocenters. The highest BCUT2D eigenvalue weighted by atomic mass is 79.9. The van der Waals surface area contributed by atoms with Crippen LogP contribution in [0, 0.1) is 0 Å². The van der Waals surface area contributed by atoms with E-state index in [-0.39, 0.29) is 5.78 Å². The van der Waals surface area contributed by atoms with Crippen LogP contribution in [0.4, 0.5) is 5.69 Å². The van der Waals surface area contributed by atoms with E-state index in [1.54, 1.807) is 32.4 Å². The molecule has 4 nitrogen and oxygen atoms in total. The first kappa shape index (κ1) is 17.1. The number of ketones is 1. The fourth-order valence-corrected chi connectivity index (χ4v) is 2.32. The van der Waals surface area contributed by atoms with Gasteiger partial charge in [0.1, 0.15) is 11.5 Å². The number of nitrogens with one attached hydrogen (secondary N) is 1. The molecule has 5 heteroatoms. The number of allylic oxidation sites excluding steroid dienone is 2. The molecule has 120 valence electrons. The molecule has 0 spiro atoms. The molecule has 1 N–H and O–H groups in total. The fourth-order valence-electron chi connectivity index (χ4n) is 2.05. The molecule has 23 heavy (non-hydrogen) atoms. The van der Waals surface area contributed by atoms with Crippen molar-refractivity contribution in [3.05, 3.63) is 64.3 Å². The van der Waals surface area contributed by atoms with Crippen molar-refractivity contribution in [2.45, 2.75) is 6.92 Å². The van der Waals surface area contributed by atoms with E-state index < -0.39 is 0 Å². The number of anilines is 1. The summed E-state index contributed by atoms with van der Waals surface area (Å²) >= 11 is 3.35. The molecule has 0 aromatic heterocycles. The Bertz CT molecular complexity index is 724. The Balaban J connectivity index is 2.19. The van der Waals surface area contributed by atoms with E-state index >= 15 is 0 Å². The Morgan fingerprint density at radius 3 is 2.39 bits per heavy atom. The molecule has 0 radical (unpaired) electrons. The predicted molar refractivity (Wildman–Crippen MR) is 95.4 cm³/mol. The maximum atomic E-state index is 12.2. The third-order valence-electron chi connectivity index (χ3n) is 3.21. The largest absolute Gasteiger partial charge is 0.497 e. The summed E-state index contributed by atoms with van der Waals surface area (Å²) in [6.07, 6.45) is 1.56. The maximum absolute atomic E-state index is 12.2. The molecular formula is C18H18BrNO3. The minimum Gasteiger partial charge on any atom is -0.497 e. The van der Waals surface area contributed by atoms with Gasteiger partial charge in [-0.1, -0.05) is 15.9 Å². The number of hydrogen-bond acceptors (Lipinski definition) is 4.